The molecule has 0 unspecified atom stereocenters. The maximum atomic E-state index is 12.0. The highest BCUT2D eigenvalue weighted by molar-refractivity contribution is 8.13. The second-order valence-electron chi connectivity index (χ2n) is 5.31. The van der Waals surface area contributed by atoms with E-state index < -0.39 is 15.1 Å². The smallest absolute Gasteiger partial charge is 0.411 e. The minimum Gasteiger partial charge on any atom is -0.444 e. The molecule has 0 aliphatic rings. The van der Waals surface area contributed by atoms with Gasteiger partial charge in [-0.05, 0) is 29.1 Å². The molecule has 0 aliphatic carbocycles. The van der Waals surface area contributed by atoms with Crippen molar-refractivity contribution in [1.29, 1.82) is 0 Å². The molecule has 0 saturated carbocycles. The molecule has 128 valence electrons. The Morgan fingerprint density at radius 1 is 1.00 bits per heavy atom. The number of ether oxygens (including phenoxy) is 1. The highest BCUT2D eigenvalue weighted by Gasteiger charge is 2.12. The zero-order valence-electron chi connectivity index (χ0n) is 13.0. The Kier molecular flexibility index (Phi) is 4.92. The van der Waals surface area contributed by atoms with Crippen LogP contribution in [0.4, 0.5) is 10.5 Å². The quantitative estimate of drug-likeness (QED) is 0.680. The zero-order chi connectivity index (χ0) is 17.9. The predicted octanol–water partition coefficient (Wildman–Crippen LogP) is 4.52. The van der Waals surface area contributed by atoms with Gasteiger partial charge in [-0.1, -0.05) is 48.5 Å². The Morgan fingerprint density at radius 3 is 2.48 bits per heavy atom. The maximum Gasteiger partial charge on any atom is 0.411 e. The van der Waals surface area contributed by atoms with Crippen molar-refractivity contribution in [3.63, 3.8) is 0 Å². The first-order valence-corrected chi connectivity index (χ1v) is 9.69. The minimum absolute atomic E-state index is 0.00507. The van der Waals surface area contributed by atoms with E-state index in [0.717, 1.165) is 5.56 Å². The number of fused-ring (bicyclic) bond motifs is 1. The Hall–Kier alpha value is -2.57. The summed E-state index contributed by atoms with van der Waals surface area (Å²) in [6, 6.07) is 18.9. The summed E-state index contributed by atoms with van der Waals surface area (Å²) in [4.78, 5) is 12.0. The standard InChI is InChI=1S/C18H14ClNO4S/c19-25(22,23)15-9-10-16-14(11-15)7-4-8-17(16)20-18(21)24-12-13-5-2-1-3-6-13/h1-11H,12H2,(H,20,21). The molecule has 0 aliphatic heterocycles. The van der Waals surface area contributed by atoms with Crippen LogP contribution in [0.5, 0.6) is 0 Å². The third-order valence-corrected chi connectivity index (χ3v) is 4.93. The average molecular weight is 376 g/mol. The van der Waals surface area contributed by atoms with Gasteiger partial charge in [-0.2, -0.15) is 0 Å². The molecule has 0 heterocycles. The van der Waals surface area contributed by atoms with E-state index >= 15 is 0 Å². The van der Waals surface area contributed by atoms with E-state index in [-0.39, 0.29) is 11.5 Å². The molecule has 0 bridgehead atoms. The number of carbonyl (C=O) groups excluding carboxylic acids is 1. The summed E-state index contributed by atoms with van der Waals surface area (Å²) in [6.07, 6.45) is -0.592. The molecule has 0 spiro atoms. The molecule has 3 aromatic rings. The van der Waals surface area contributed by atoms with Crippen LogP contribution in [0.15, 0.2) is 71.6 Å². The molecule has 7 heteroatoms. The van der Waals surface area contributed by atoms with Crippen molar-refractivity contribution in [2.24, 2.45) is 0 Å². The van der Waals surface area contributed by atoms with Crippen LogP contribution in [0.1, 0.15) is 5.56 Å². The van der Waals surface area contributed by atoms with Gasteiger partial charge in [-0.15, -0.1) is 0 Å². The average Bonchev–Trinajstić information content (AvgIpc) is 2.60. The topological polar surface area (TPSA) is 72.5 Å². The number of hydrogen-bond acceptors (Lipinski definition) is 4. The second-order valence-corrected chi connectivity index (χ2v) is 7.88. The summed E-state index contributed by atoms with van der Waals surface area (Å²) < 4.78 is 28.1. The van der Waals surface area contributed by atoms with Crippen LogP contribution in [0.2, 0.25) is 0 Å². The van der Waals surface area contributed by atoms with Gasteiger partial charge in [0.15, 0.2) is 0 Å². The summed E-state index contributed by atoms with van der Waals surface area (Å²) in [6.45, 7) is 0.159. The number of nitrogens with one attached hydrogen (secondary N) is 1. The Bertz CT molecular complexity index is 1020. The van der Waals surface area contributed by atoms with E-state index in [0.29, 0.717) is 16.5 Å². The Balaban J connectivity index is 1.78. The number of rotatable bonds is 4. The number of halogens is 1. The number of anilines is 1. The lowest BCUT2D eigenvalue weighted by atomic mass is 10.1. The van der Waals surface area contributed by atoms with Gasteiger partial charge in [-0.25, -0.2) is 13.2 Å². The fourth-order valence-corrected chi connectivity index (χ4v) is 3.18. The summed E-state index contributed by atoms with van der Waals surface area (Å²) in [5.74, 6) is 0. The highest BCUT2D eigenvalue weighted by atomic mass is 35.7. The third-order valence-electron chi connectivity index (χ3n) is 3.58. The molecule has 3 rings (SSSR count). The molecule has 1 N–H and O–H groups in total. The molecule has 0 aromatic heterocycles. The molecule has 0 atom stereocenters. The molecule has 0 saturated heterocycles. The largest absolute Gasteiger partial charge is 0.444 e. The zero-order valence-corrected chi connectivity index (χ0v) is 14.5. The number of benzene rings is 3. The number of amides is 1. The van der Waals surface area contributed by atoms with Crippen molar-refractivity contribution < 1.29 is 17.9 Å². The maximum absolute atomic E-state index is 12.0. The molecule has 0 fully saturated rings. The molecule has 0 radical (unpaired) electrons. The van der Waals surface area contributed by atoms with Crippen molar-refractivity contribution in [3.8, 4) is 0 Å². The van der Waals surface area contributed by atoms with Gasteiger partial charge in [0.25, 0.3) is 9.05 Å². The van der Waals surface area contributed by atoms with Crippen LogP contribution in [0.3, 0.4) is 0 Å². The van der Waals surface area contributed by atoms with Crippen LogP contribution in [0.25, 0.3) is 10.8 Å². The van der Waals surface area contributed by atoms with Crippen LogP contribution in [-0.2, 0) is 20.4 Å². The number of hydrogen-bond donors (Lipinski definition) is 1. The van der Waals surface area contributed by atoms with Gasteiger partial charge in [0.1, 0.15) is 6.61 Å². The van der Waals surface area contributed by atoms with E-state index in [1.165, 1.54) is 12.1 Å². The van der Waals surface area contributed by atoms with E-state index in [2.05, 4.69) is 5.32 Å². The third kappa shape index (κ3) is 4.29. The normalized spacial score (nSPS) is 11.2. The lowest BCUT2D eigenvalue weighted by Crippen LogP contribution is -2.13. The minimum atomic E-state index is -3.81. The second kappa shape index (κ2) is 7.13. The first-order valence-electron chi connectivity index (χ1n) is 7.38. The number of carbonyl (C=O) groups is 1. The fourth-order valence-electron chi connectivity index (χ4n) is 2.39. The van der Waals surface area contributed by atoms with Gasteiger partial charge in [0.05, 0.1) is 10.6 Å². The lowest BCUT2D eigenvalue weighted by Gasteiger charge is -2.10. The van der Waals surface area contributed by atoms with Gasteiger partial charge < -0.3 is 4.74 Å². The molecular formula is C18H14ClNO4S. The monoisotopic (exact) mass is 375 g/mol. The summed E-state index contributed by atoms with van der Waals surface area (Å²) in [5, 5.41) is 3.99. The lowest BCUT2D eigenvalue weighted by molar-refractivity contribution is 0.155. The van der Waals surface area contributed by atoms with Crippen molar-refractivity contribution in [2.45, 2.75) is 11.5 Å². The van der Waals surface area contributed by atoms with Crippen LogP contribution in [0, 0.1) is 0 Å². The molecule has 3 aromatic carbocycles. The SMILES string of the molecule is O=C(Nc1cccc2cc(S(=O)(=O)Cl)ccc12)OCc1ccccc1. The van der Waals surface area contributed by atoms with Crippen molar-refractivity contribution in [2.75, 3.05) is 5.32 Å². The van der Waals surface area contributed by atoms with Crippen LogP contribution >= 0.6 is 10.7 Å². The molecule has 1 amide bonds. The Morgan fingerprint density at radius 2 is 1.76 bits per heavy atom. The molecular weight excluding hydrogens is 362 g/mol. The van der Waals surface area contributed by atoms with Crippen molar-refractivity contribution in [1.82, 2.24) is 0 Å². The summed E-state index contributed by atoms with van der Waals surface area (Å²) in [5.41, 5.74) is 1.40. The van der Waals surface area contributed by atoms with Gasteiger partial charge >= 0.3 is 6.09 Å². The highest BCUT2D eigenvalue weighted by Crippen LogP contribution is 2.27. The first-order chi connectivity index (χ1) is 11.9. The fraction of sp³-hybridized carbons (Fsp3) is 0.0556. The molecule has 5 nitrogen and oxygen atoms in total. The summed E-state index contributed by atoms with van der Waals surface area (Å²) in [7, 11) is 1.56. The van der Waals surface area contributed by atoms with E-state index in [1.54, 1.807) is 24.3 Å². The van der Waals surface area contributed by atoms with Gasteiger partial charge in [0.2, 0.25) is 0 Å². The van der Waals surface area contributed by atoms with E-state index in [4.69, 9.17) is 15.4 Å². The summed E-state index contributed by atoms with van der Waals surface area (Å²) >= 11 is 0. The van der Waals surface area contributed by atoms with Crippen molar-refractivity contribution >= 4 is 42.3 Å². The van der Waals surface area contributed by atoms with Crippen LogP contribution in [-0.4, -0.2) is 14.5 Å². The van der Waals surface area contributed by atoms with Gasteiger partial charge in [0, 0.05) is 16.1 Å². The predicted molar refractivity (Wildman–Crippen MR) is 97.2 cm³/mol. The van der Waals surface area contributed by atoms with Crippen LogP contribution < -0.4 is 5.32 Å². The van der Waals surface area contributed by atoms with E-state index in [1.807, 2.05) is 30.3 Å². The van der Waals surface area contributed by atoms with E-state index in [9.17, 15) is 13.2 Å². The van der Waals surface area contributed by atoms with Gasteiger partial charge in [-0.3, -0.25) is 5.32 Å². The first kappa shape index (κ1) is 17.3. The molecule has 25 heavy (non-hydrogen) atoms. The Labute approximate surface area is 149 Å². The van der Waals surface area contributed by atoms with Crippen molar-refractivity contribution in [3.05, 3.63) is 72.3 Å².